The first kappa shape index (κ1) is 16.4. The molecule has 0 bridgehead atoms. The number of benzene rings is 1. The molecule has 0 amide bonds. The summed E-state index contributed by atoms with van der Waals surface area (Å²) in [4.78, 5) is 7.14. The third kappa shape index (κ3) is 4.75. The van der Waals surface area contributed by atoms with Gasteiger partial charge < -0.3 is 5.32 Å². The summed E-state index contributed by atoms with van der Waals surface area (Å²) in [5, 5.41) is 4.67. The molecule has 1 aliphatic rings. The van der Waals surface area contributed by atoms with Gasteiger partial charge >= 0.3 is 0 Å². The maximum atomic E-state index is 4.64. The topological polar surface area (TPSA) is 27.6 Å². The third-order valence-electron chi connectivity index (χ3n) is 3.94. The van der Waals surface area contributed by atoms with Gasteiger partial charge in [-0.25, -0.2) is 0 Å². The van der Waals surface area contributed by atoms with E-state index in [1.807, 2.05) is 11.8 Å². The van der Waals surface area contributed by atoms with Gasteiger partial charge in [0.25, 0.3) is 0 Å². The van der Waals surface area contributed by atoms with Crippen molar-refractivity contribution in [2.45, 2.75) is 26.8 Å². The zero-order chi connectivity index (χ0) is 15.1. The van der Waals surface area contributed by atoms with Crippen LogP contribution in [0.4, 0.5) is 0 Å². The minimum atomic E-state index is 0.406. The number of hydrogen-bond acceptors (Lipinski definition) is 4. The van der Waals surface area contributed by atoms with E-state index < -0.39 is 0 Å². The molecule has 0 aromatic heterocycles. The molecule has 3 nitrogen and oxygen atoms in total. The molecular formula is C17H27N3S. The molecule has 1 aromatic rings. The highest BCUT2D eigenvalue weighted by molar-refractivity contribution is 8.13. The van der Waals surface area contributed by atoms with E-state index in [0.29, 0.717) is 12.0 Å². The van der Waals surface area contributed by atoms with Crippen LogP contribution in [0.25, 0.3) is 0 Å². The molecule has 21 heavy (non-hydrogen) atoms. The van der Waals surface area contributed by atoms with Crippen LogP contribution < -0.4 is 5.32 Å². The van der Waals surface area contributed by atoms with Crippen LogP contribution in [0.5, 0.6) is 0 Å². The molecule has 2 atom stereocenters. The third-order valence-corrected chi connectivity index (χ3v) is 5.22. The molecule has 1 aromatic carbocycles. The highest BCUT2D eigenvalue weighted by atomic mass is 32.2. The Labute approximate surface area is 133 Å². The van der Waals surface area contributed by atoms with E-state index in [1.165, 1.54) is 11.3 Å². The summed E-state index contributed by atoms with van der Waals surface area (Å²) in [6.45, 7) is 10.7. The first-order valence-electron chi connectivity index (χ1n) is 7.94. The lowest BCUT2D eigenvalue weighted by Crippen LogP contribution is -2.38. The van der Waals surface area contributed by atoms with Gasteiger partial charge in [-0.05, 0) is 24.6 Å². The first-order valence-corrected chi connectivity index (χ1v) is 8.93. The molecule has 2 rings (SSSR count). The summed E-state index contributed by atoms with van der Waals surface area (Å²) in [6, 6.07) is 11.2. The number of thioether (sulfide) groups is 1. The zero-order valence-corrected chi connectivity index (χ0v) is 14.2. The molecule has 2 unspecified atom stereocenters. The van der Waals surface area contributed by atoms with Crippen molar-refractivity contribution >= 4 is 16.9 Å². The Morgan fingerprint density at radius 2 is 2.00 bits per heavy atom. The lowest BCUT2D eigenvalue weighted by molar-refractivity contribution is 0.219. The van der Waals surface area contributed by atoms with Crippen LogP contribution in [0, 0.1) is 5.92 Å². The van der Waals surface area contributed by atoms with E-state index in [4.69, 9.17) is 0 Å². The molecule has 1 N–H and O–H groups in total. The Morgan fingerprint density at radius 3 is 2.57 bits per heavy atom. The largest absolute Gasteiger partial charge is 0.363 e. The van der Waals surface area contributed by atoms with Crippen molar-refractivity contribution in [3.63, 3.8) is 0 Å². The van der Waals surface area contributed by atoms with Gasteiger partial charge in [0.15, 0.2) is 5.17 Å². The van der Waals surface area contributed by atoms with Crippen molar-refractivity contribution < 1.29 is 0 Å². The number of aliphatic imine (C=N–C) groups is 1. The smallest absolute Gasteiger partial charge is 0.156 e. The Morgan fingerprint density at radius 1 is 1.29 bits per heavy atom. The Kier molecular flexibility index (Phi) is 6.58. The first-order chi connectivity index (χ1) is 10.2. The van der Waals surface area contributed by atoms with Crippen LogP contribution in [-0.4, -0.2) is 42.0 Å². The van der Waals surface area contributed by atoms with Crippen molar-refractivity contribution in [1.82, 2.24) is 10.2 Å². The van der Waals surface area contributed by atoms with Crippen molar-refractivity contribution in [3.05, 3.63) is 35.9 Å². The maximum Gasteiger partial charge on any atom is 0.156 e. The second-order valence-corrected chi connectivity index (χ2v) is 6.60. The number of rotatable bonds is 6. The van der Waals surface area contributed by atoms with E-state index in [0.717, 1.165) is 31.3 Å². The van der Waals surface area contributed by atoms with Crippen LogP contribution in [0.15, 0.2) is 35.3 Å². The Bertz CT molecular complexity index is 443. The summed E-state index contributed by atoms with van der Waals surface area (Å²) < 4.78 is 0. The Hall–Kier alpha value is -1.00. The van der Waals surface area contributed by atoms with E-state index in [-0.39, 0.29) is 0 Å². The van der Waals surface area contributed by atoms with Gasteiger partial charge in [-0.2, -0.15) is 0 Å². The van der Waals surface area contributed by atoms with E-state index in [2.05, 4.69) is 66.3 Å². The highest BCUT2D eigenvalue weighted by Crippen LogP contribution is 2.21. The van der Waals surface area contributed by atoms with E-state index in [9.17, 15) is 0 Å². The summed E-state index contributed by atoms with van der Waals surface area (Å²) in [5.74, 6) is 1.88. The summed E-state index contributed by atoms with van der Waals surface area (Å²) >= 11 is 1.86. The van der Waals surface area contributed by atoms with Crippen LogP contribution in [0.2, 0.25) is 0 Å². The number of nitrogens with one attached hydrogen (secondary N) is 1. The fraction of sp³-hybridized carbons (Fsp3) is 0.588. The summed E-state index contributed by atoms with van der Waals surface area (Å²) in [6.07, 6.45) is 0. The highest BCUT2D eigenvalue weighted by Gasteiger charge is 2.19. The predicted octanol–water partition coefficient (Wildman–Crippen LogP) is 3.40. The maximum absolute atomic E-state index is 4.64. The second-order valence-electron chi connectivity index (χ2n) is 5.59. The van der Waals surface area contributed by atoms with Crippen molar-refractivity contribution in [1.29, 1.82) is 0 Å². The molecule has 4 heteroatoms. The fourth-order valence-electron chi connectivity index (χ4n) is 2.65. The average Bonchev–Trinajstić information content (AvgIpc) is 2.54. The molecular weight excluding hydrogens is 278 g/mol. The van der Waals surface area contributed by atoms with Crippen molar-refractivity contribution in [2.75, 3.05) is 31.9 Å². The normalized spacial score (nSPS) is 20.2. The minimum absolute atomic E-state index is 0.406. The quantitative estimate of drug-likeness (QED) is 0.873. The van der Waals surface area contributed by atoms with Gasteiger partial charge in [0, 0.05) is 18.8 Å². The van der Waals surface area contributed by atoms with E-state index in [1.54, 1.807) is 0 Å². The molecule has 0 spiro atoms. The van der Waals surface area contributed by atoms with Gasteiger partial charge in [0.1, 0.15) is 0 Å². The lowest BCUT2D eigenvalue weighted by Gasteiger charge is -2.31. The number of amidine groups is 1. The van der Waals surface area contributed by atoms with Crippen LogP contribution >= 0.6 is 11.8 Å². The van der Waals surface area contributed by atoms with Crippen LogP contribution in [0.3, 0.4) is 0 Å². The van der Waals surface area contributed by atoms with Gasteiger partial charge in [-0.15, -0.1) is 0 Å². The number of hydrogen-bond donors (Lipinski definition) is 1. The van der Waals surface area contributed by atoms with Crippen molar-refractivity contribution in [3.8, 4) is 0 Å². The summed E-state index contributed by atoms with van der Waals surface area (Å²) in [5.41, 5.74) is 1.38. The standard InChI is InChI=1S/C17H27N3S/c1-4-20(5-2)16(15-9-7-6-8-10-15)12-19-17-18-11-14(3)13-21-17/h6-10,14,16H,4-5,11-13H2,1-3H3,(H,18,19). The van der Waals surface area contributed by atoms with Crippen LogP contribution in [-0.2, 0) is 0 Å². The van der Waals surface area contributed by atoms with Gasteiger partial charge in [-0.3, -0.25) is 9.89 Å². The zero-order valence-electron chi connectivity index (χ0n) is 13.4. The van der Waals surface area contributed by atoms with Gasteiger partial charge in [0.05, 0.1) is 6.04 Å². The second kappa shape index (κ2) is 8.44. The molecule has 116 valence electrons. The van der Waals surface area contributed by atoms with Gasteiger partial charge in [0.2, 0.25) is 0 Å². The van der Waals surface area contributed by atoms with Crippen molar-refractivity contribution in [2.24, 2.45) is 10.9 Å². The Balaban J connectivity index is 2.03. The molecule has 0 radical (unpaired) electrons. The van der Waals surface area contributed by atoms with Gasteiger partial charge in [-0.1, -0.05) is 62.9 Å². The number of likely N-dealkylation sites (N-methyl/N-ethyl adjacent to an activating group) is 1. The summed E-state index contributed by atoms with van der Waals surface area (Å²) in [7, 11) is 0. The SMILES string of the molecule is CCN(CC)C(CNC1=NCC(C)CS1)c1ccccc1. The minimum Gasteiger partial charge on any atom is -0.363 e. The molecule has 0 fully saturated rings. The monoisotopic (exact) mass is 305 g/mol. The molecule has 0 aliphatic carbocycles. The number of nitrogens with zero attached hydrogens (tertiary/aromatic N) is 2. The lowest BCUT2D eigenvalue weighted by atomic mass is 10.1. The van der Waals surface area contributed by atoms with E-state index >= 15 is 0 Å². The molecule has 1 aliphatic heterocycles. The molecule has 1 heterocycles. The predicted molar refractivity (Wildman–Crippen MR) is 94.0 cm³/mol. The average molecular weight is 305 g/mol. The van der Waals surface area contributed by atoms with Crippen LogP contribution in [0.1, 0.15) is 32.4 Å². The fourth-order valence-corrected chi connectivity index (χ4v) is 3.55. The molecule has 0 saturated carbocycles. The molecule has 0 saturated heterocycles.